The van der Waals surface area contributed by atoms with Gasteiger partial charge < -0.3 is 36.1 Å². The molecule has 272 valence electrons. The topological polar surface area (TPSA) is 199 Å². The molecule has 1 atom stereocenters. The molecule has 16 heteroatoms. The molecule has 5 N–H and O–H groups in total. The summed E-state index contributed by atoms with van der Waals surface area (Å²) in [4.78, 5) is 56.8. The third kappa shape index (κ3) is 11.2. The van der Waals surface area contributed by atoms with Crippen LogP contribution in [-0.2, 0) is 43.5 Å². The number of rotatable bonds is 12. The zero-order chi connectivity index (χ0) is 37.7. The Hall–Kier alpha value is -4.70. The summed E-state index contributed by atoms with van der Waals surface area (Å²) in [5, 5.41) is 8.86. The number of nitrogens with zero attached hydrogens (tertiary/aromatic N) is 2. The smallest absolute Gasteiger partial charge is 0.387 e. The van der Waals surface area contributed by atoms with Gasteiger partial charge in [0.1, 0.15) is 0 Å². The molecule has 3 rings (SSSR count). The lowest BCUT2D eigenvalue weighted by atomic mass is 9.90. The van der Waals surface area contributed by atoms with Gasteiger partial charge in [0.25, 0.3) is 5.91 Å². The number of benzene rings is 2. The Kier molecular flexibility index (Phi) is 12.3. The average molecular weight is 731 g/mol. The number of anilines is 2. The Morgan fingerprint density at radius 3 is 2.02 bits per heavy atom. The lowest BCUT2D eigenvalue weighted by molar-refractivity contribution is -0.202. The lowest BCUT2D eigenvalue weighted by Crippen LogP contribution is -2.59. The Labute approximate surface area is 297 Å². The highest BCUT2D eigenvalue weighted by Gasteiger charge is 2.50. The van der Waals surface area contributed by atoms with Gasteiger partial charge >= 0.3 is 18.1 Å². The van der Waals surface area contributed by atoms with Gasteiger partial charge in [-0.1, -0.05) is 44.2 Å². The molecule has 0 bridgehead atoms. The van der Waals surface area contributed by atoms with Crippen molar-refractivity contribution in [1.29, 1.82) is 0 Å². The van der Waals surface area contributed by atoms with Crippen molar-refractivity contribution in [2.45, 2.75) is 84.2 Å². The Morgan fingerprint density at radius 1 is 0.920 bits per heavy atom. The molecule has 1 aromatic heterocycles. The van der Waals surface area contributed by atoms with Gasteiger partial charge in [-0.3, -0.25) is 9.59 Å². The van der Waals surface area contributed by atoms with E-state index in [1.54, 1.807) is 60.7 Å². The number of ether oxygens (including phenoxy) is 2. The molecule has 14 nitrogen and oxygen atoms in total. The predicted molar refractivity (Wildman–Crippen MR) is 191 cm³/mol. The molecule has 2 aromatic carbocycles. The number of carbonyl (C=O) groups excluding carboxylic acids is 4. The maximum Gasteiger partial charge on any atom is 0.412 e. The maximum absolute atomic E-state index is 13.2. The number of alkyl carbamates (subject to hydrolysis) is 1. The van der Waals surface area contributed by atoms with E-state index in [4.69, 9.17) is 15.2 Å². The summed E-state index contributed by atoms with van der Waals surface area (Å²) in [6, 6.07) is 12.9. The van der Waals surface area contributed by atoms with Gasteiger partial charge in [0.15, 0.2) is 15.0 Å². The van der Waals surface area contributed by atoms with Gasteiger partial charge in [-0.15, -0.1) is 0 Å². The molecule has 0 aliphatic carbocycles. The second-order valence-corrected chi connectivity index (χ2v) is 17.0. The van der Waals surface area contributed by atoms with E-state index >= 15 is 0 Å². The number of thiazole rings is 1. The standard InChI is InChI=1S/C34H46N6O8S2/c1-21(41)36-30-37-26(27(49-30)20-40(8)28(42)23-13-17-25(18-14-23)50(9,45)46)19-12-22-10-15-24(16-11-22)38-34(32(2,3)4,47-29(35)43)48-31(44)39-33(5,6)7/h10-11,13-18,38H,12,19-20H2,1-9H3,(H2,35,43)(H,39,44)(H,36,37,41). The molecule has 0 aliphatic rings. The fourth-order valence-corrected chi connectivity index (χ4v) is 6.37. The lowest BCUT2D eigenvalue weighted by Gasteiger charge is -2.42. The van der Waals surface area contributed by atoms with Crippen LogP contribution in [-0.4, -0.2) is 67.1 Å². The minimum atomic E-state index is -3.40. The predicted octanol–water partition coefficient (Wildman–Crippen LogP) is 5.29. The van der Waals surface area contributed by atoms with E-state index in [9.17, 15) is 27.6 Å². The minimum absolute atomic E-state index is 0.120. The quantitative estimate of drug-likeness (QED) is 0.178. The van der Waals surface area contributed by atoms with Gasteiger partial charge in [-0.05, 0) is 75.6 Å². The van der Waals surface area contributed by atoms with Crippen LogP contribution in [0.2, 0.25) is 0 Å². The summed E-state index contributed by atoms with van der Waals surface area (Å²) < 4.78 is 34.7. The molecule has 0 aliphatic heterocycles. The molecule has 0 spiro atoms. The van der Waals surface area contributed by atoms with Crippen molar-refractivity contribution >= 4 is 56.0 Å². The molecular formula is C34H46N6O8S2. The summed E-state index contributed by atoms with van der Waals surface area (Å²) in [7, 11) is -1.76. The highest BCUT2D eigenvalue weighted by atomic mass is 32.2. The van der Waals surface area contributed by atoms with Gasteiger partial charge in [0.05, 0.1) is 22.5 Å². The van der Waals surface area contributed by atoms with Gasteiger partial charge in [0, 0.05) is 41.9 Å². The van der Waals surface area contributed by atoms with Crippen molar-refractivity contribution < 1.29 is 37.1 Å². The minimum Gasteiger partial charge on any atom is -0.387 e. The molecule has 1 heterocycles. The average Bonchev–Trinajstić information content (AvgIpc) is 3.33. The largest absolute Gasteiger partial charge is 0.412 e. The van der Waals surface area contributed by atoms with Crippen LogP contribution < -0.4 is 21.7 Å². The second-order valence-electron chi connectivity index (χ2n) is 13.9. The first-order chi connectivity index (χ1) is 23.0. The summed E-state index contributed by atoms with van der Waals surface area (Å²) >= 11 is 1.27. The molecule has 0 fully saturated rings. The first kappa shape index (κ1) is 39.7. The SMILES string of the molecule is CC(=O)Nc1nc(CCc2ccc(NC(OC(N)=O)(OC(=O)NC(C)(C)C)C(C)(C)C)cc2)c(CN(C)C(=O)c2ccc(S(C)(=O)=O)cc2)s1. The van der Waals surface area contributed by atoms with E-state index in [1.807, 2.05) is 12.1 Å². The molecule has 3 aromatic rings. The first-order valence-electron chi connectivity index (χ1n) is 15.7. The Morgan fingerprint density at radius 2 is 1.52 bits per heavy atom. The highest BCUT2D eigenvalue weighted by Crippen LogP contribution is 2.37. The monoisotopic (exact) mass is 730 g/mol. The second kappa shape index (κ2) is 15.5. The molecule has 0 radical (unpaired) electrons. The number of hydrogen-bond donors (Lipinski definition) is 4. The van der Waals surface area contributed by atoms with Crippen LogP contribution in [0.25, 0.3) is 0 Å². The number of carbonyl (C=O) groups is 4. The van der Waals surface area contributed by atoms with Crippen LogP contribution in [0, 0.1) is 5.41 Å². The number of primary amides is 1. The van der Waals surface area contributed by atoms with Crippen molar-refractivity contribution in [2.24, 2.45) is 11.1 Å². The highest BCUT2D eigenvalue weighted by molar-refractivity contribution is 7.90. The number of aromatic nitrogens is 1. The number of nitrogens with one attached hydrogen (secondary N) is 3. The van der Waals surface area contributed by atoms with Gasteiger partial charge in [-0.25, -0.2) is 23.0 Å². The normalized spacial score (nSPS) is 13.1. The van der Waals surface area contributed by atoms with E-state index in [1.165, 1.54) is 47.4 Å². The fourth-order valence-electron chi connectivity index (χ4n) is 4.64. The summed E-state index contributed by atoms with van der Waals surface area (Å²) in [5.41, 5.74) is 6.27. The molecule has 4 amide bonds. The van der Waals surface area contributed by atoms with E-state index in [-0.39, 0.29) is 23.3 Å². The van der Waals surface area contributed by atoms with E-state index in [2.05, 4.69) is 20.9 Å². The number of amides is 4. The van der Waals surface area contributed by atoms with Crippen molar-refractivity contribution in [2.75, 3.05) is 23.9 Å². The summed E-state index contributed by atoms with van der Waals surface area (Å²) in [6.07, 6.45) is 0.184. The molecular weight excluding hydrogens is 685 g/mol. The number of aryl methyl sites for hydroxylation is 2. The van der Waals surface area contributed by atoms with Crippen LogP contribution >= 0.6 is 11.3 Å². The number of hydrogen-bond acceptors (Lipinski definition) is 11. The van der Waals surface area contributed by atoms with Crippen molar-refractivity contribution in [3.63, 3.8) is 0 Å². The van der Waals surface area contributed by atoms with Crippen LogP contribution in [0.1, 0.15) is 75.0 Å². The van der Waals surface area contributed by atoms with Crippen LogP contribution in [0.15, 0.2) is 53.4 Å². The van der Waals surface area contributed by atoms with E-state index in [0.717, 1.165) is 16.7 Å². The summed E-state index contributed by atoms with van der Waals surface area (Å²) in [6.45, 7) is 12.1. The number of sulfone groups is 1. The van der Waals surface area contributed by atoms with E-state index < -0.39 is 38.9 Å². The summed E-state index contributed by atoms with van der Waals surface area (Å²) in [5.74, 6) is -2.54. The Balaban J connectivity index is 1.80. The molecule has 1 unspecified atom stereocenters. The van der Waals surface area contributed by atoms with Crippen molar-refractivity contribution in [1.82, 2.24) is 15.2 Å². The van der Waals surface area contributed by atoms with Crippen molar-refractivity contribution in [3.05, 3.63) is 70.2 Å². The van der Waals surface area contributed by atoms with Gasteiger partial charge in [-0.2, -0.15) is 0 Å². The zero-order valence-corrected chi connectivity index (χ0v) is 31.4. The van der Waals surface area contributed by atoms with Crippen LogP contribution in [0.4, 0.5) is 20.4 Å². The molecule has 0 saturated carbocycles. The zero-order valence-electron chi connectivity index (χ0n) is 29.8. The van der Waals surface area contributed by atoms with Gasteiger partial charge in [0.2, 0.25) is 5.91 Å². The van der Waals surface area contributed by atoms with Crippen LogP contribution in [0.5, 0.6) is 0 Å². The Bertz CT molecular complexity index is 1810. The third-order valence-corrected chi connectivity index (χ3v) is 9.30. The molecule has 50 heavy (non-hydrogen) atoms. The molecule has 0 saturated heterocycles. The van der Waals surface area contributed by atoms with Crippen LogP contribution in [0.3, 0.4) is 0 Å². The fraction of sp³-hybridized carbons (Fsp3) is 0.441. The van der Waals surface area contributed by atoms with Crippen molar-refractivity contribution in [3.8, 4) is 0 Å². The van der Waals surface area contributed by atoms with E-state index in [0.29, 0.717) is 34.9 Å². The third-order valence-electron chi connectivity index (χ3n) is 7.18. The first-order valence-corrected chi connectivity index (χ1v) is 18.4. The maximum atomic E-state index is 13.2. The number of nitrogens with two attached hydrogens (primary N) is 1.